The van der Waals surface area contributed by atoms with Gasteiger partial charge >= 0.3 is 0 Å². The summed E-state index contributed by atoms with van der Waals surface area (Å²) in [5.74, 6) is -1.44. The summed E-state index contributed by atoms with van der Waals surface area (Å²) in [5, 5.41) is 2.59. The maximum absolute atomic E-state index is 13.4. The lowest BCUT2D eigenvalue weighted by molar-refractivity contribution is -0.121. The molecule has 1 atom stereocenters. The minimum atomic E-state index is -0.652. The number of amides is 1. The average Bonchev–Trinajstić information content (AvgIpc) is 2.26. The summed E-state index contributed by atoms with van der Waals surface area (Å²) in [4.78, 5) is 11.5. The number of benzene rings is 1. The molecule has 0 heterocycles. The quantitative estimate of drug-likeness (QED) is 0.841. The summed E-state index contributed by atoms with van der Waals surface area (Å²) in [6, 6.07) is 3.03. The Morgan fingerprint density at radius 3 is 2.47 bits per heavy atom. The molecule has 1 rings (SSSR count). The van der Waals surface area contributed by atoms with Crippen molar-refractivity contribution in [2.45, 2.75) is 39.2 Å². The summed E-state index contributed by atoms with van der Waals surface area (Å²) in [6.07, 6.45) is 2.07. The Labute approximate surface area is 100 Å². The molecule has 0 aliphatic rings. The zero-order valence-corrected chi connectivity index (χ0v) is 10.1. The molecule has 0 bridgehead atoms. The van der Waals surface area contributed by atoms with E-state index in [1.807, 2.05) is 6.92 Å². The standard InChI is InChI=1S/C13H17F2NO/c1-3-4-8-12(17)16-9(2)13-10(14)6-5-7-11(13)15/h5-7,9H,3-4,8H2,1-2H3,(H,16,17). The van der Waals surface area contributed by atoms with Gasteiger partial charge in [0.1, 0.15) is 11.6 Å². The van der Waals surface area contributed by atoms with E-state index in [2.05, 4.69) is 5.32 Å². The molecule has 2 nitrogen and oxygen atoms in total. The normalized spacial score (nSPS) is 12.2. The molecule has 0 radical (unpaired) electrons. The summed E-state index contributed by atoms with van der Waals surface area (Å²) >= 11 is 0. The average molecular weight is 241 g/mol. The van der Waals surface area contributed by atoms with E-state index < -0.39 is 17.7 Å². The first-order valence-corrected chi connectivity index (χ1v) is 5.79. The van der Waals surface area contributed by atoms with Crippen LogP contribution in [0.4, 0.5) is 8.78 Å². The van der Waals surface area contributed by atoms with Crippen LogP contribution in [-0.2, 0) is 4.79 Å². The zero-order chi connectivity index (χ0) is 12.8. The molecular formula is C13H17F2NO. The van der Waals surface area contributed by atoms with E-state index in [-0.39, 0.29) is 11.5 Å². The van der Waals surface area contributed by atoms with E-state index in [1.54, 1.807) is 6.92 Å². The van der Waals surface area contributed by atoms with Gasteiger partial charge in [-0.3, -0.25) is 4.79 Å². The predicted octanol–water partition coefficient (Wildman–Crippen LogP) is 3.33. The number of carbonyl (C=O) groups excluding carboxylic acids is 1. The lowest BCUT2D eigenvalue weighted by Gasteiger charge is -2.15. The summed E-state index contributed by atoms with van der Waals surface area (Å²) < 4.78 is 26.8. The van der Waals surface area contributed by atoms with Gasteiger partial charge in [-0.2, -0.15) is 0 Å². The first-order chi connectivity index (χ1) is 8.06. The molecule has 0 saturated heterocycles. The van der Waals surface area contributed by atoms with Gasteiger partial charge in [-0.25, -0.2) is 8.78 Å². The van der Waals surface area contributed by atoms with Crippen LogP contribution in [0.2, 0.25) is 0 Å². The molecule has 1 aromatic carbocycles. The first-order valence-electron chi connectivity index (χ1n) is 5.79. The van der Waals surface area contributed by atoms with Gasteiger partial charge in [-0.05, 0) is 25.5 Å². The molecule has 1 unspecified atom stereocenters. The lowest BCUT2D eigenvalue weighted by Crippen LogP contribution is -2.27. The first kappa shape index (κ1) is 13.6. The Hall–Kier alpha value is -1.45. The Morgan fingerprint density at radius 2 is 1.94 bits per heavy atom. The second-order valence-corrected chi connectivity index (χ2v) is 4.03. The third kappa shape index (κ3) is 3.80. The van der Waals surface area contributed by atoms with Crippen LogP contribution in [0, 0.1) is 11.6 Å². The van der Waals surface area contributed by atoms with Gasteiger partial charge in [0.05, 0.1) is 6.04 Å². The maximum atomic E-state index is 13.4. The van der Waals surface area contributed by atoms with E-state index in [0.29, 0.717) is 6.42 Å². The number of halogens is 2. The molecule has 0 aliphatic carbocycles. The molecule has 94 valence electrons. The van der Waals surface area contributed by atoms with Crippen LogP contribution in [0.3, 0.4) is 0 Å². The van der Waals surface area contributed by atoms with Crippen LogP contribution < -0.4 is 5.32 Å². The molecule has 0 aliphatic heterocycles. The number of rotatable bonds is 5. The summed E-state index contributed by atoms with van der Waals surface area (Å²) in [7, 11) is 0. The largest absolute Gasteiger partial charge is 0.349 e. The number of nitrogens with one attached hydrogen (secondary N) is 1. The minimum absolute atomic E-state index is 0.0858. The molecule has 17 heavy (non-hydrogen) atoms. The fourth-order valence-electron chi connectivity index (χ4n) is 1.65. The number of unbranched alkanes of at least 4 members (excludes halogenated alkanes) is 1. The van der Waals surface area contributed by atoms with Gasteiger partial charge < -0.3 is 5.32 Å². The topological polar surface area (TPSA) is 29.1 Å². The summed E-state index contributed by atoms with van der Waals surface area (Å²) in [6.45, 7) is 3.55. The Bertz CT molecular complexity index is 373. The molecule has 1 aromatic rings. The second kappa shape index (κ2) is 6.33. The van der Waals surface area contributed by atoms with Crippen LogP contribution in [0.5, 0.6) is 0 Å². The summed E-state index contributed by atoms with van der Waals surface area (Å²) in [5.41, 5.74) is -0.0858. The van der Waals surface area contributed by atoms with Crippen LogP contribution in [0.25, 0.3) is 0 Å². The van der Waals surface area contributed by atoms with Crippen molar-refractivity contribution in [2.75, 3.05) is 0 Å². The molecule has 0 spiro atoms. The van der Waals surface area contributed by atoms with E-state index >= 15 is 0 Å². The fraction of sp³-hybridized carbons (Fsp3) is 0.462. The molecule has 0 saturated carbocycles. The smallest absolute Gasteiger partial charge is 0.220 e. The molecule has 0 aromatic heterocycles. The highest BCUT2D eigenvalue weighted by atomic mass is 19.1. The van der Waals surface area contributed by atoms with Crippen molar-refractivity contribution >= 4 is 5.91 Å². The van der Waals surface area contributed by atoms with Crippen molar-refractivity contribution in [2.24, 2.45) is 0 Å². The molecule has 1 N–H and O–H groups in total. The van der Waals surface area contributed by atoms with Crippen molar-refractivity contribution in [3.8, 4) is 0 Å². The minimum Gasteiger partial charge on any atom is -0.349 e. The number of carbonyl (C=O) groups is 1. The third-order valence-corrected chi connectivity index (χ3v) is 2.57. The molecular weight excluding hydrogens is 224 g/mol. The van der Waals surface area contributed by atoms with Gasteiger partial charge in [0.15, 0.2) is 0 Å². The third-order valence-electron chi connectivity index (χ3n) is 2.57. The number of hydrogen-bond donors (Lipinski definition) is 1. The van der Waals surface area contributed by atoms with E-state index in [4.69, 9.17) is 0 Å². The lowest BCUT2D eigenvalue weighted by atomic mass is 10.1. The highest BCUT2D eigenvalue weighted by Crippen LogP contribution is 2.20. The SMILES string of the molecule is CCCCC(=O)NC(C)c1c(F)cccc1F. The van der Waals surface area contributed by atoms with E-state index in [9.17, 15) is 13.6 Å². The highest BCUT2D eigenvalue weighted by Gasteiger charge is 2.17. The van der Waals surface area contributed by atoms with Crippen LogP contribution in [0.1, 0.15) is 44.7 Å². The number of hydrogen-bond acceptors (Lipinski definition) is 1. The Morgan fingerprint density at radius 1 is 1.35 bits per heavy atom. The van der Waals surface area contributed by atoms with E-state index in [0.717, 1.165) is 12.8 Å². The van der Waals surface area contributed by atoms with Gasteiger partial charge in [0, 0.05) is 12.0 Å². The maximum Gasteiger partial charge on any atom is 0.220 e. The second-order valence-electron chi connectivity index (χ2n) is 4.03. The fourth-order valence-corrected chi connectivity index (χ4v) is 1.65. The molecule has 4 heteroatoms. The highest BCUT2D eigenvalue weighted by molar-refractivity contribution is 5.76. The Kier molecular flexibility index (Phi) is 5.07. The zero-order valence-electron chi connectivity index (χ0n) is 10.1. The van der Waals surface area contributed by atoms with E-state index in [1.165, 1.54) is 18.2 Å². The van der Waals surface area contributed by atoms with Gasteiger partial charge in [-0.1, -0.05) is 19.4 Å². The van der Waals surface area contributed by atoms with Crippen molar-refractivity contribution in [3.05, 3.63) is 35.4 Å². The van der Waals surface area contributed by atoms with Crippen LogP contribution in [0.15, 0.2) is 18.2 Å². The van der Waals surface area contributed by atoms with Gasteiger partial charge in [-0.15, -0.1) is 0 Å². The van der Waals surface area contributed by atoms with Crippen LogP contribution >= 0.6 is 0 Å². The van der Waals surface area contributed by atoms with Crippen molar-refractivity contribution < 1.29 is 13.6 Å². The monoisotopic (exact) mass is 241 g/mol. The van der Waals surface area contributed by atoms with Gasteiger partial charge in [0.25, 0.3) is 0 Å². The van der Waals surface area contributed by atoms with Crippen molar-refractivity contribution in [1.82, 2.24) is 5.32 Å². The molecule has 1 amide bonds. The van der Waals surface area contributed by atoms with Gasteiger partial charge in [0.2, 0.25) is 5.91 Å². The van der Waals surface area contributed by atoms with Crippen molar-refractivity contribution in [3.63, 3.8) is 0 Å². The predicted molar refractivity (Wildman–Crippen MR) is 62.4 cm³/mol. The molecule has 0 fully saturated rings. The van der Waals surface area contributed by atoms with Crippen molar-refractivity contribution in [1.29, 1.82) is 0 Å². The Balaban J connectivity index is 2.69. The van der Waals surface area contributed by atoms with Crippen LogP contribution in [-0.4, -0.2) is 5.91 Å².